The average molecular weight is 281 g/mol. The van der Waals surface area contributed by atoms with Gasteiger partial charge in [-0.25, -0.2) is 0 Å². The molecule has 0 N–H and O–H groups in total. The molecule has 3 heteroatoms. The fraction of sp³-hybridized carbons (Fsp3) is 0. The topological polar surface area (TPSA) is 9.23 Å². The first-order valence-corrected chi connectivity index (χ1v) is 5.90. The van der Waals surface area contributed by atoms with Crippen LogP contribution in [0.15, 0.2) is 53.0 Å². The van der Waals surface area contributed by atoms with E-state index in [1.54, 1.807) is 0 Å². The Bertz CT molecular complexity index is 453. The zero-order chi connectivity index (χ0) is 10.7. The molecule has 0 amide bonds. The van der Waals surface area contributed by atoms with Crippen molar-refractivity contribution < 1.29 is 4.74 Å². The third kappa shape index (κ3) is 3.05. The molecule has 0 saturated carbocycles. The summed E-state index contributed by atoms with van der Waals surface area (Å²) in [6.45, 7) is 0. The molecule has 0 bridgehead atoms. The summed E-state index contributed by atoms with van der Waals surface area (Å²) in [7, 11) is 2.65. The van der Waals surface area contributed by atoms with E-state index >= 15 is 0 Å². The van der Waals surface area contributed by atoms with E-state index in [4.69, 9.17) is 4.74 Å². The predicted octanol–water partition coefficient (Wildman–Crippen LogP) is 3.74. The molecule has 0 aromatic heterocycles. The summed E-state index contributed by atoms with van der Waals surface area (Å²) in [5.41, 5.74) is 0. The smallest absolute Gasteiger partial charge is 0.128 e. The highest BCUT2D eigenvalue weighted by atomic mass is 79.9. The van der Waals surface area contributed by atoms with Gasteiger partial charge in [-0.1, -0.05) is 34.1 Å². The molecular weight excluding hydrogens is 271 g/mol. The van der Waals surface area contributed by atoms with Gasteiger partial charge in [0.25, 0.3) is 0 Å². The second-order valence-corrected chi connectivity index (χ2v) is 4.71. The Morgan fingerprint density at radius 1 is 0.933 bits per heavy atom. The maximum absolute atomic E-state index is 5.67. The van der Waals surface area contributed by atoms with Crippen molar-refractivity contribution in [2.75, 3.05) is 0 Å². The van der Waals surface area contributed by atoms with Gasteiger partial charge in [0, 0.05) is 4.47 Å². The third-order valence-electron chi connectivity index (χ3n) is 1.91. The standard InChI is InChI=1S/C12H10BrOP/c13-9-2-1-3-11(8-9)14-10-4-6-12(15)7-5-10/h1-8H,15H2. The van der Waals surface area contributed by atoms with Crippen LogP contribution in [0.3, 0.4) is 0 Å². The molecule has 1 atom stereocenters. The van der Waals surface area contributed by atoms with Crippen molar-refractivity contribution >= 4 is 30.5 Å². The molecule has 2 aromatic rings. The molecule has 0 aliphatic carbocycles. The van der Waals surface area contributed by atoms with Crippen LogP contribution in [0.25, 0.3) is 0 Å². The molecule has 2 aromatic carbocycles. The number of halogens is 1. The van der Waals surface area contributed by atoms with Crippen molar-refractivity contribution in [1.29, 1.82) is 0 Å². The maximum atomic E-state index is 5.67. The van der Waals surface area contributed by atoms with Crippen molar-refractivity contribution in [3.8, 4) is 11.5 Å². The van der Waals surface area contributed by atoms with Crippen LogP contribution >= 0.6 is 25.2 Å². The van der Waals surface area contributed by atoms with Crippen molar-refractivity contribution in [3.05, 3.63) is 53.0 Å². The van der Waals surface area contributed by atoms with E-state index in [-0.39, 0.29) is 0 Å². The third-order valence-corrected chi connectivity index (χ3v) is 2.79. The molecule has 0 aliphatic heterocycles. The highest BCUT2D eigenvalue weighted by Crippen LogP contribution is 2.23. The van der Waals surface area contributed by atoms with E-state index < -0.39 is 0 Å². The summed E-state index contributed by atoms with van der Waals surface area (Å²) in [4.78, 5) is 0. The second kappa shape index (κ2) is 4.78. The van der Waals surface area contributed by atoms with Crippen LogP contribution in [0.1, 0.15) is 0 Å². The molecule has 0 fully saturated rings. The fourth-order valence-corrected chi connectivity index (χ4v) is 1.77. The van der Waals surface area contributed by atoms with Crippen molar-refractivity contribution in [3.63, 3.8) is 0 Å². The van der Waals surface area contributed by atoms with Gasteiger partial charge in [0.15, 0.2) is 0 Å². The molecule has 0 saturated heterocycles. The summed E-state index contributed by atoms with van der Waals surface area (Å²) in [5, 5.41) is 1.15. The minimum atomic E-state index is 0.834. The second-order valence-electron chi connectivity index (χ2n) is 3.13. The number of benzene rings is 2. The van der Waals surface area contributed by atoms with Crippen LogP contribution in [-0.4, -0.2) is 0 Å². The predicted molar refractivity (Wildman–Crippen MR) is 70.0 cm³/mol. The van der Waals surface area contributed by atoms with Gasteiger partial charge in [-0.3, -0.25) is 0 Å². The van der Waals surface area contributed by atoms with E-state index in [1.165, 1.54) is 0 Å². The van der Waals surface area contributed by atoms with Crippen molar-refractivity contribution in [2.24, 2.45) is 0 Å². The van der Waals surface area contributed by atoms with Gasteiger partial charge in [0.1, 0.15) is 11.5 Å². The maximum Gasteiger partial charge on any atom is 0.128 e. The highest BCUT2D eigenvalue weighted by molar-refractivity contribution is 9.10. The zero-order valence-corrected chi connectivity index (χ0v) is 10.7. The van der Waals surface area contributed by atoms with E-state index in [0.717, 1.165) is 21.3 Å². The van der Waals surface area contributed by atoms with Gasteiger partial charge in [-0.2, -0.15) is 0 Å². The molecule has 2 rings (SSSR count). The molecule has 0 spiro atoms. The summed E-state index contributed by atoms with van der Waals surface area (Å²) in [6.07, 6.45) is 0. The Morgan fingerprint density at radius 2 is 1.67 bits per heavy atom. The molecular formula is C12H10BrOP. The van der Waals surface area contributed by atoms with Crippen LogP contribution in [0, 0.1) is 0 Å². The van der Waals surface area contributed by atoms with Crippen LogP contribution in [0.4, 0.5) is 0 Å². The molecule has 1 nitrogen and oxygen atoms in total. The number of hydrogen-bond donors (Lipinski definition) is 0. The molecule has 0 radical (unpaired) electrons. The molecule has 1 unspecified atom stereocenters. The van der Waals surface area contributed by atoms with E-state index in [2.05, 4.69) is 25.2 Å². The monoisotopic (exact) mass is 280 g/mol. The van der Waals surface area contributed by atoms with Crippen molar-refractivity contribution in [2.45, 2.75) is 0 Å². The normalized spacial score (nSPS) is 10.0. The number of rotatable bonds is 2. The minimum Gasteiger partial charge on any atom is -0.457 e. The lowest BCUT2D eigenvalue weighted by atomic mass is 10.3. The lowest BCUT2D eigenvalue weighted by molar-refractivity contribution is 0.482. The van der Waals surface area contributed by atoms with E-state index in [0.29, 0.717) is 0 Å². The summed E-state index contributed by atoms with van der Waals surface area (Å²) in [6, 6.07) is 15.7. The zero-order valence-electron chi connectivity index (χ0n) is 7.98. The Hall–Kier alpha value is -0.850. The van der Waals surface area contributed by atoms with E-state index in [9.17, 15) is 0 Å². The summed E-state index contributed by atoms with van der Waals surface area (Å²) < 4.78 is 6.69. The van der Waals surface area contributed by atoms with Crippen LogP contribution in [0.5, 0.6) is 11.5 Å². The highest BCUT2D eigenvalue weighted by Gasteiger charge is 1.96. The minimum absolute atomic E-state index is 0.834. The quantitative estimate of drug-likeness (QED) is 0.762. The molecule has 0 aliphatic rings. The largest absolute Gasteiger partial charge is 0.457 e. The first-order valence-electron chi connectivity index (χ1n) is 4.53. The Balaban J connectivity index is 2.18. The first-order chi connectivity index (χ1) is 7.24. The lowest BCUT2D eigenvalue weighted by Crippen LogP contribution is -1.89. The lowest BCUT2D eigenvalue weighted by Gasteiger charge is -2.05. The van der Waals surface area contributed by atoms with Gasteiger partial charge in [0.2, 0.25) is 0 Å². The molecule has 0 heterocycles. The Morgan fingerprint density at radius 3 is 2.33 bits per heavy atom. The van der Waals surface area contributed by atoms with Crippen LogP contribution < -0.4 is 10.0 Å². The van der Waals surface area contributed by atoms with Crippen LogP contribution in [-0.2, 0) is 0 Å². The van der Waals surface area contributed by atoms with Gasteiger partial charge >= 0.3 is 0 Å². The van der Waals surface area contributed by atoms with Gasteiger partial charge < -0.3 is 4.74 Å². The van der Waals surface area contributed by atoms with Gasteiger partial charge in [-0.15, -0.1) is 9.24 Å². The molecule has 76 valence electrons. The van der Waals surface area contributed by atoms with Gasteiger partial charge in [-0.05, 0) is 35.6 Å². The summed E-state index contributed by atoms with van der Waals surface area (Å²) >= 11 is 3.40. The first kappa shape index (κ1) is 10.7. The Labute approximate surface area is 99.8 Å². The van der Waals surface area contributed by atoms with E-state index in [1.807, 2.05) is 48.5 Å². The number of hydrogen-bond acceptors (Lipinski definition) is 1. The number of ether oxygens (including phenoxy) is 1. The molecule has 15 heavy (non-hydrogen) atoms. The van der Waals surface area contributed by atoms with Crippen molar-refractivity contribution in [1.82, 2.24) is 0 Å². The summed E-state index contributed by atoms with van der Waals surface area (Å²) in [5.74, 6) is 1.68. The van der Waals surface area contributed by atoms with Crippen LogP contribution in [0.2, 0.25) is 0 Å². The Kier molecular flexibility index (Phi) is 3.40. The fourth-order valence-electron chi connectivity index (χ4n) is 1.20. The SMILES string of the molecule is Pc1ccc(Oc2cccc(Br)c2)cc1. The van der Waals surface area contributed by atoms with Gasteiger partial charge in [0.05, 0.1) is 0 Å². The average Bonchev–Trinajstić information content (AvgIpc) is 2.22.